The molecule has 5 aromatic carbocycles. The maximum Gasteiger partial charge on any atom is 0.319 e. The van der Waals surface area contributed by atoms with E-state index in [1.54, 1.807) is 51.2 Å². The summed E-state index contributed by atoms with van der Waals surface area (Å²) in [6.45, 7) is 7.20. The molecule has 6 heterocycles. The summed E-state index contributed by atoms with van der Waals surface area (Å²) in [4.78, 5) is 56.4. The van der Waals surface area contributed by atoms with Gasteiger partial charge in [0.2, 0.25) is 11.8 Å². The molecular weight excluding hydrogens is 1060 g/mol. The smallest absolute Gasteiger partial charge is 0.319 e. The van der Waals surface area contributed by atoms with Gasteiger partial charge in [-0.3, -0.25) is 19.5 Å². The van der Waals surface area contributed by atoms with Gasteiger partial charge in [-0.2, -0.15) is 15.1 Å². The Hall–Kier alpha value is -7.72. The Morgan fingerprint density at radius 1 is 0.854 bits per heavy atom. The summed E-state index contributed by atoms with van der Waals surface area (Å²) in [6.07, 6.45) is 4.58. The number of carbonyl (C=O) groups excluding carboxylic acids is 3. The molecule has 17 nitrogen and oxygen atoms in total. The average molecular weight is 1130 g/mol. The van der Waals surface area contributed by atoms with E-state index in [2.05, 4.69) is 37.1 Å². The highest BCUT2D eigenvalue weighted by Gasteiger charge is 2.44. The van der Waals surface area contributed by atoms with Gasteiger partial charge in [-0.05, 0) is 90.1 Å². The van der Waals surface area contributed by atoms with Crippen molar-refractivity contribution in [2.75, 3.05) is 44.4 Å². The number of aromatic nitrogens is 4. The zero-order valence-electron chi connectivity index (χ0n) is 45.5. The van der Waals surface area contributed by atoms with Crippen LogP contribution < -0.4 is 30.3 Å². The van der Waals surface area contributed by atoms with E-state index >= 15 is 4.39 Å². The molecule has 0 spiro atoms. The van der Waals surface area contributed by atoms with Gasteiger partial charge in [-0.15, -0.1) is 0 Å². The quantitative estimate of drug-likeness (QED) is 0.0480. The zero-order valence-corrected chi connectivity index (χ0v) is 45.5. The van der Waals surface area contributed by atoms with Crippen LogP contribution in [-0.2, 0) is 20.9 Å². The second-order valence-electron chi connectivity index (χ2n) is 22.6. The standard InChI is InChI=1S/C61H63F4N9O8/c1-30(2)54(60(79)74-27-40(76)21-50(74)59(78)68-49(28-75)34-10-12-35(13-11-34)52-46(64)18-37(62)19-47(52)65)69-58(77)36-6-4-32(5-7-36)29-81-56-53(51-31(3)45(63)23-48-44(51)25-67-72-48)42(33-8-9-33)22-43-55(56)70-61(82-41-14-16-80-17-15-41)71-57(43)73-26-38-20-39(73)24-66-38/h4-7,10-13,18-19,22-23,25,30,33,38-41,49-50,54,66,75-76H,8-9,14-17,20-21,24,26-29H2,1-3H3,(H,67,72)(H,68,78)(H,69,77)/t38-,39-,40+,49-,50-,54-/m0/s1. The molecular formula is C61H63F4N9O8. The number of aliphatic hydroxyl groups excluding tert-OH is 2. The molecule has 1 saturated carbocycles. The molecule has 4 aliphatic heterocycles. The van der Waals surface area contributed by atoms with Gasteiger partial charge >= 0.3 is 6.01 Å². The maximum absolute atomic E-state index is 16.1. The summed E-state index contributed by atoms with van der Waals surface area (Å²) in [5.74, 6) is -4.59. The minimum absolute atomic E-state index is 0.0150. The lowest BCUT2D eigenvalue weighted by atomic mass is 9.88. The average Bonchev–Trinajstić information content (AvgIpc) is 2.58. The lowest BCUT2D eigenvalue weighted by molar-refractivity contribution is -0.141. The molecule has 4 saturated heterocycles. The van der Waals surface area contributed by atoms with E-state index in [4.69, 9.17) is 24.2 Å². The number of piperazine rings is 1. The van der Waals surface area contributed by atoms with Gasteiger partial charge in [0.15, 0.2) is 5.75 Å². The Bertz CT molecular complexity index is 3570. The van der Waals surface area contributed by atoms with Crippen LogP contribution in [0.5, 0.6) is 11.8 Å². The van der Waals surface area contributed by atoms with Crippen LogP contribution >= 0.6 is 0 Å². The van der Waals surface area contributed by atoms with Crippen LogP contribution in [0.1, 0.15) is 96.9 Å². The third kappa shape index (κ3) is 10.7. The molecule has 3 amide bonds. The lowest BCUT2D eigenvalue weighted by Crippen LogP contribution is -2.55. The molecule has 12 rings (SSSR count). The number of aromatic amines is 1. The predicted octanol–water partition coefficient (Wildman–Crippen LogP) is 7.84. The van der Waals surface area contributed by atoms with Crippen molar-refractivity contribution in [2.24, 2.45) is 5.92 Å². The van der Waals surface area contributed by atoms with E-state index in [1.165, 1.54) is 35.2 Å². The van der Waals surface area contributed by atoms with Gasteiger partial charge in [0.1, 0.15) is 59.4 Å². The van der Waals surface area contributed by atoms with Crippen molar-refractivity contribution in [3.05, 3.63) is 130 Å². The first kappa shape index (κ1) is 54.8. The first-order valence-electron chi connectivity index (χ1n) is 28.0. The van der Waals surface area contributed by atoms with E-state index < -0.39 is 83.3 Å². The number of benzene rings is 5. The topological polar surface area (TPSA) is 216 Å². The number of H-pyrrole nitrogens is 1. The molecule has 21 heteroatoms. The molecule has 1 aliphatic carbocycles. The number of aliphatic hydroxyl groups is 2. The van der Waals surface area contributed by atoms with Crippen molar-refractivity contribution in [1.82, 2.24) is 41.0 Å². The number of nitrogens with zero attached hydrogens (tertiary/aromatic N) is 5. The van der Waals surface area contributed by atoms with E-state index in [1.807, 2.05) is 0 Å². The number of hydrogen-bond acceptors (Lipinski definition) is 13. The fraction of sp³-hybridized carbons (Fsp3) is 0.410. The number of ether oxygens (including phenoxy) is 3. The summed E-state index contributed by atoms with van der Waals surface area (Å²) in [6, 6.07) is 14.6. The third-order valence-electron chi connectivity index (χ3n) is 16.7. The molecule has 428 valence electrons. The molecule has 6 N–H and O–H groups in total. The third-order valence-corrected chi connectivity index (χ3v) is 16.7. The van der Waals surface area contributed by atoms with Crippen LogP contribution in [0.15, 0.2) is 79.0 Å². The van der Waals surface area contributed by atoms with Gasteiger partial charge in [0, 0.05) is 90.6 Å². The largest absolute Gasteiger partial charge is 0.486 e. The lowest BCUT2D eigenvalue weighted by Gasteiger charge is -2.31. The number of β-amino-alcohol motifs (C(OH)–C–C–N with tert-alkyl or cyclic N) is 1. The summed E-state index contributed by atoms with van der Waals surface area (Å²) in [5, 5.41) is 39.2. The minimum Gasteiger partial charge on any atom is -0.486 e. The number of amides is 3. The van der Waals surface area contributed by atoms with Crippen molar-refractivity contribution < 1.29 is 56.4 Å². The zero-order chi connectivity index (χ0) is 57.1. The van der Waals surface area contributed by atoms with Crippen LogP contribution in [0, 0.1) is 36.1 Å². The first-order valence-corrected chi connectivity index (χ1v) is 28.0. The SMILES string of the molecule is Cc1c(F)cc2[nH]ncc2c1-c1c(C2CC2)cc2c(N3C[C@@H]4C[C@H]3CN4)nc(OC3CCOCC3)nc2c1OCc1ccc(C(=O)N[C@H](C(=O)N2C[C@H](O)C[C@H]2C(=O)N[C@@H](CO)c2ccc(-c3c(F)cc(F)cc3F)cc2)C(C)C)cc1. The van der Waals surface area contributed by atoms with Crippen LogP contribution in [0.3, 0.4) is 0 Å². The van der Waals surface area contributed by atoms with E-state index in [9.17, 15) is 37.8 Å². The van der Waals surface area contributed by atoms with Crippen molar-refractivity contribution in [3.63, 3.8) is 0 Å². The summed E-state index contributed by atoms with van der Waals surface area (Å²) < 4.78 is 78.1. The number of anilines is 1. The molecule has 5 fully saturated rings. The van der Waals surface area contributed by atoms with Crippen LogP contribution in [0.2, 0.25) is 0 Å². The fourth-order valence-corrected chi connectivity index (χ4v) is 12.2. The van der Waals surface area contributed by atoms with E-state index in [-0.39, 0.29) is 54.8 Å². The van der Waals surface area contributed by atoms with Crippen molar-refractivity contribution in [2.45, 2.75) is 114 Å². The van der Waals surface area contributed by atoms with Gasteiger partial charge in [0.25, 0.3) is 5.91 Å². The van der Waals surface area contributed by atoms with E-state index in [0.29, 0.717) is 83.3 Å². The van der Waals surface area contributed by atoms with Crippen molar-refractivity contribution in [3.8, 4) is 34.0 Å². The second-order valence-corrected chi connectivity index (χ2v) is 22.6. The summed E-state index contributed by atoms with van der Waals surface area (Å²) in [5.41, 5.74) is 4.82. The number of nitrogens with one attached hydrogen (secondary N) is 4. The van der Waals surface area contributed by atoms with Gasteiger partial charge < -0.3 is 50.2 Å². The van der Waals surface area contributed by atoms with Gasteiger partial charge in [-0.1, -0.05) is 50.2 Å². The van der Waals surface area contributed by atoms with Crippen LogP contribution in [-0.4, -0.2) is 129 Å². The van der Waals surface area contributed by atoms with Crippen LogP contribution in [0.25, 0.3) is 44.1 Å². The number of rotatable bonds is 17. The Kier molecular flexibility index (Phi) is 15.1. The minimum atomic E-state index is -1.18. The predicted molar refractivity (Wildman–Crippen MR) is 296 cm³/mol. The molecule has 2 bridgehead atoms. The van der Waals surface area contributed by atoms with E-state index in [0.717, 1.165) is 60.1 Å². The Balaban J connectivity index is 0.803. The molecule has 0 radical (unpaired) electrons. The molecule has 2 aromatic heterocycles. The van der Waals surface area contributed by atoms with Gasteiger partial charge in [0.05, 0.1) is 49.2 Å². The monoisotopic (exact) mass is 1130 g/mol. The molecule has 6 atom stereocenters. The Morgan fingerprint density at radius 2 is 1.60 bits per heavy atom. The number of hydrogen-bond donors (Lipinski definition) is 6. The number of likely N-dealkylation sites (tertiary alicyclic amines) is 1. The molecule has 7 aromatic rings. The van der Waals surface area contributed by atoms with Crippen molar-refractivity contribution in [1.29, 1.82) is 0 Å². The molecule has 0 unspecified atom stereocenters. The van der Waals surface area contributed by atoms with Crippen molar-refractivity contribution >= 4 is 45.3 Å². The fourth-order valence-electron chi connectivity index (χ4n) is 12.2. The Morgan fingerprint density at radius 3 is 2.27 bits per heavy atom. The summed E-state index contributed by atoms with van der Waals surface area (Å²) in [7, 11) is 0. The van der Waals surface area contributed by atoms with Crippen LogP contribution in [0.4, 0.5) is 23.4 Å². The highest BCUT2D eigenvalue weighted by atomic mass is 19.1. The highest BCUT2D eigenvalue weighted by Crippen LogP contribution is 2.53. The second kappa shape index (κ2) is 22.6. The van der Waals surface area contributed by atoms with Gasteiger partial charge in [-0.25, -0.2) is 17.6 Å². The summed E-state index contributed by atoms with van der Waals surface area (Å²) >= 11 is 0. The maximum atomic E-state index is 16.1. The highest BCUT2D eigenvalue weighted by molar-refractivity contribution is 6.06. The normalized spacial score (nSPS) is 20.7. The number of halogens is 4. The number of carbonyl (C=O) groups is 3. The first-order chi connectivity index (χ1) is 39.6. The molecule has 5 aliphatic rings. The number of fused-ring (bicyclic) bond motifs is 4. The molecule has 82 heavy (non-hydrogen) atoms. The Labute approximate surface area is 469 Å².